The van der Waals surface area contributed by atoms with Crippen LogP contribution in [-0.2, 0) is 0 Å². The van der Waals surface area contributed by atoms with Crippen LogP contribution in [0.4, 0.5) is 0 Å². The van der Waals surface area contributed by atoms with Gasteiger partial charge in [-0.05, 0) is 33.1 Å². The maximum atomic E-state index is 2.67. The molecule has 0 fully saturated rings. The third-order valence-corrected chi connectivity index (χ3v) is 9.59. The maximum Gasteiger partial charge on any atom is 0.101 e. The first-order valence-corrected chi connectivity index (χ1v) is 19.4. The number of rotatable bonds is 32. The van der Waals surface area contributed by atoms with Crippen molar-refractivity contribution in [3.63, 3.8) is 0 Å². The van der Waals surface area contributed by atoms with Gasteiger partial charge in [-0.3, -0.25) is 0 Å². The highest BCUT2D eigenvalue weighted by atomic mass is 15.4. The average Bonchev–Trinajstić information content (AvgIpc) is 3.38. The van der Waals surface area contributed by atoms with Crippen molar-refractivity contribution in [1.82, 2.24) is 9.80 Å². The van der Waals surface area contributed by atoms with Gasteiger partial charge in [0.15, 0.2) is 0 Å². The Labute approximate surface area is 260 Å². The molecule has 0 radical (unpaired) electrons. The highest BCUT2D eigenvalue weighted by Gasteiger charge is 2.26. The number of hydrogen-bond acceptors (Lipinski definition) is 2. The summed E-state index contributed by atoms with van der Waals surface area (Å²) in [4.78, 5) is 5.29. The summed E-state index contributed by atoms with van der Waals surface area (Å²) in [6, 6.07) is 0.605. The van der Waals surface area contributed by atoms with E-state index >= 15 is 0 Å². The summed E-state index contributed by atoms with van der Waals surface area (Å²) in [5.41, 5.74) is 0. The zero-order chi connectivity index (χ0) is 29.6. The SMILES string of the molecule is CCCCCCCCCCCCCCCCCC1N(CCCCCCCCCCCCCCCC)C=CN1C(C)C. The molecule has 1 rings (SSSR count). The van der Waals surface area contributed by atoms with Crippen LogP contribution in [0.5, 0.6) is 0 Å². The minimum Gasteiger partial charge on any atom is -0.356 e. The monoisotopic (exact) mass is 575 g/mol. The normalized spacial score (nSPS) is 15.2. The van der Waals surface area contributed by atoms with E-state index < -0.39 is 0 Å². The summed E-state index contributed by atoms with van der Waals surface area (Å²) in [7, 11) is 0. The molecule has 1 unspecified atom stereocenters. The van der Waals surface area contributed by atoms with E-state index in [9.17, 15) is 0 Å². The molecular formula is C39H78N2. The van der Waals surface area contributed by atoms with Gasteiger partial charge in [-0.2, -0.15) is 0 Å². The molecule has 0 spiro atoms. The van der Waals surface area contributed by atoms with Crippen LogP contribution in [0.1, 0.15) is 220 Å². The predicted octanol–water partition coefficient (Wildman–Crippen LogP) is 13.6. The standard InChI is InChI=1S/C39H78N2/c1-5-7-9-11-13-15-17-19-21-22-24-26-28-30-32-34-39-40(36-37-41(39)38(3)4)35-33-31-29-27-25-23-20-18-16-14-12-10-8-6-2/h36-39H,5-35H2,1-4H3. The number of hydrogen-bond donors (Lipinski definition) is 0. The topological polar surface area (TPSA) is 6.48 Å². The van der Waals surface area contributed by atoms with Gasteiger partial charge in [-0.1, -0.05) is 187 Å². The van der Waals surface area contributed by atoms with E-state index in [1.807, 2.05) is 0 Å². The summed E-state index contributed by atoms with van der Waals surface area (Å²) in [5, 5.41) is 0. The average molecular weight is 575 g/mol. The highest BCUT2D eigenvalue weighted by Crippen LogP contribution is 2.25. The molecule has 0 amide bonds. The van der Waals surface area contributed by atoms with Gasteiger partial charge in [0, 0.05) is 25.0 Å². The van der Waals surface area contributed by atoms with Crippen molar-refractivity contribution in [2.75, 3.05) is 6.54 Å². The molecule has 0 aliphatic carbocycles. The molecule has 1 aliphatic heterocycles. The first-order chi connectivity index (χ1) is 20.2. The molecule has 2 heteroatoms. The summed E-state index contributed by atoms with van der Waals surface area (Å²) in [5.74, 6) is 0. The van der Waals surface area contributed by atoms with Crippen LogP contribution in [0.2, 0.25) is 0 Å². The Balaban J connectivity index is 1.99. The van der Waals surface area contributed by atoms with E-state index in [0.29, 0.717) is 12.2 Å². The van der Waals surface area contributed by atoms with E-state index in [1.54, 1.807) is 0 Å². The molecule has 0 N–H and O–H groups in total. The fraction of sp³-hybridized carbons (Fsp3) is 0.949. The van der Waals surface area contributed by atoms with Crippen molar-refractivity contribution >= 4 is 0 Å². The third-order valence-electron chi connectivity index (χ3n) is 9.59. The van der Waals surface area contributed by atoms with Crippen molar-refractivity contribution in [2.24, 2.45) is 0 Å². The first kappa shape index (κ1) is 38.4. The zero-order valence-corrected chi connectivity index (χ0v) is 29.1. The molecular weight excluding hydrogens is 496 g/mol. The van der Waals surface area contributed by atoms with Crippen molar-refractivity contribution in [3.8, 4) is 0 Å². The summed E-state index contributed by atoms with van der Waals surface area (Å²) in [6.45, 7) is 10.6. The molecule has 0 aromatic heterocycles. The molecule has 1 aliphatic rings. The first-order valence-electron chi connectivity index (χ1n) is 19.4. The van der Waals surface area contributed by atoms with Crippen LogP contribution in [0.15, 0.2) is 12.4 Å². The molecule has 0 aromatic carbocycles. The van der Waals surface area contributed by atoms with E-state index in [2.05, 4.69) is 49.9 Å². The molecule has 2 nitrogen and oxygen atoms in total. The lowest BCUT2D eigenvalue weighted by Gasteiger charge is -2.35. The molecule has 1 atom stereocenters. The maximum absolute atomic E-state index is 2.67. The lowest BCUT2D eigenvalue weighted by molar-refractivity contribution is 0.114. The number of nitrogens with zero attached hydrogens (tertiary/aromatic N) is 2. The molecule has 244 valence electrons. The lowest BCUT2D eigenvalue weighted by atomic mass is 10.0. The third kappa shape index (κ3) is 22.5. The number of unbranched alkanes of at least 4 members (excludes halogenated alkanes) is 27. The summed E-state index contributed by atoms with van der Waals surface area (Å²) >= 11 is 0. The predicted molar refractivity (Wildman–Crippen MR) is 186 cm³/mol. The fourth-order valence-corrected chi connectivity index (χ4v) is 6.77. The Morgan fingerprint density at radius 2 is 0.732 bits per heavy atom. The molecule has 0 saturated carbocycles. The molecule has 0 bridgehead atoms. The van der Waals surface area contributed by atoms with Crippen LogP contribution in [-0.4, -0.2) is 28.6 Å². The second kappa shape index (κ2) is 29.4. The van der Waals surface area contributed by atoms with Gasteiger partial charge in [-0.15, -0.1) is 0 Å². The largest absolute Gasteiger partial charge is 0.356 e. The van der Waals surface area contributed by atoms with Gasteiger partial charge in [0.1, 0.15) is 6.17 Å². The Kier molecular flexibility index (Phi) is 27.5. The minimum atomic E-state index is 0.605. The minimum absolute atomic E-state index is 0.605. The van der Waals surface area contributed by atoms with Gasteiger partial charge in [0.2, 0.25) is 0 Å². The fourth-order valence-electron chi connectivity index (χ4n) is 6.77. The quantitative estimate of drug-likeness (QED) is 0.0737. The van der Waals surface area contributed by atoms with E-state index in [0.717, 1.165) is 0 Å². The highest BCUT2D eigenvalue weighted by molar-refractivity contribution is 4.98. The van der Waals surface area contributed by atoms with Crippen LogP contribution in [0, 0.1) is 0 Å². The Bertz CT molecular complexity index is 542. The Morgan fingerprint density at radius 1 is 0.415 bits per heavy atom. The van der Waals surface area contributed by atoms with Crippen LogP contribution < -0.4 is 0 Å². The smallest absolute Gasteiger partial charge is 0.101 e. The molecule has 0 saturated heterocycles. The van der Waals surface area contributed by atoms with Gasteiger partial charge in [-0.25, -0.2) is 0 Å². The lowest BCUT2D eigenvalue weighted by Crippen LogP contribution is -2.42. The summed E-state index contributed by atoms with van der Waals surface area (Å²) in [6.07, 6.45) is 48.7. The van der Waals surface area contributed by atoms with E-state index in [1.165, 1.54) is 199 Å². The second-order valence-corrected chi connectivity index (χ2v) is 13.9. The van der Waals surface area contributed by atoms with Gasteiger partial charge >= 0.3 is 0 Å². The van der Waals surface area contributed by atoms with Crippen molar-refractivity contribution in [2.45, 2.75) is 233 Å². The van der Waals surface area contributed by atoms with Crippen LogP contribution >= 0.6 is 0 Å². The Hall–Kier alpha value is -0.660. The molecule has 1 heterocycles. The zero-order valence-electron chi connectivity index (χ0n) is 29.1. The van der Waals surface area contributed by atoms with Gasteiger partial charge < -0.3 is 9.80 Å². The second-order valence-electron chi connectivity index (χ2n) is 13.9. The van der Waals surface area contributed by atoms with E-state index in [-0.39, 0.29) is 0 Å². The molecule has 41 heavy (non-hydrogen) atoms. The molecule has 0 aromatic rings. The van der Waals surface area contributed by atoms with Gasteiger partial charge in [0.25, 0.3) is 0 Å². The van der Waals surface area contributed by atoms with Crippen molar-refractivity contribution < 1.29 is 0 Å². The van der Waals surface area contributed by atoms with Crippen molar-refractivity contribution in [1.29, 1.82) is 0 Å². The van der Waals surface area contributed by atoms with E-state index in [4.69, 9.17) is 0 Å². The Morgan fingerprint density at radius 3 is 1.07 bits per heavy atom. The van der Waals surface area contributed by atoms with Gasteiger partial charge in [0.05, 0.1) is 0 Å². The van der Waals surface area contributed by atoms with Crippen LogP contribution in [0.25, 0.3) is 0 Å². The summed E-state index contributed by atoms with van der Waals surface area (Å²) < 4.78 is 0. The van der Waals surface area contributed by atoms with Crippen molar-refractivity contribution in [3.05, 3.63) is 12.4 Å². The van der Waals surface area contributed by atoms with Crippen LogP contribution in [0.3, 0.4) is 0 Å².